The minimum Gasteiger partial charge on any atom is -0.380 e. The Morgan fingerprint density at radius 2 is 2.04 bits per heavy atom. The van der Waals surface area contributed by atoms with E-state index in [2.05, 4.69) is 25.4 Å². The van der Waals surface area contributed by atoms with Gasteiger partial charge in [0, 0.05) is 6.61 Å². The minimum absolute atomic E-state index is 0.402. The molecule has 120 valence electrons. The van der Waals surface area contributed by atoms with Gasteiger partial charge in [-0.15, -0.1) is 5.10 Å². The van der Waals surface area contributed by atoms with E-state index in [1.54, 1.807) is 0 Å². The van der Waals surface area contributed by atoms with Gasteiger partial charge in [0.25, 0.3) is 5.89 Å². The average molecular weight is 314 g/mol. The molecule has 23 heavy (non-hydrogen) atoms. The summed E-state index contributed by atoms with van der Waals surface area (Å²) in [5, 5.41) is 16.5. The first kappa shape index (κ1) is 15.3. The molecule has 0 saturated heterocycles. The van der Waals surface area contributed by atoms with Gasteiger partial charge in [0.05, 0.1) is 24.5 Å². The van der Waals surface area contributed by atoms with Gasteiger partial charge in [-0.2, -0.15) is 15.2 Å². The van der Waals surface area contributed by atoms with Gasteiger partial charge in [-0.25, -0.2) is 0 Å². The Morgan fingerprint density at radius 1 is 1.17 bits per heavy atom. The Morgan fingerprint density at radius 3 is 2.78 bits per heavy atom. The molecule has 0 aliphatic heterocycles. The Kier molecular flexibility index (Phi) is 4.42. The van der Waals surface area contributed by atoms with Crippen LogP contribution in [0.3, 0.4) is 0 Å². The fraction of sp³-hybridized carbons (Fsp3) is 0.400. The molecule has 0 unspecified atom stereocenters. The van der Waals surface area contributed by atoms with Crippen LogP contribution in [0.25, 0.3) is 23.1 Å². The topological polar surface area (TPSA) is 91.8 Å². The first-order valence-electron chi connectivity index (χ1n) is 7.44. The smallest absolute Gasteiger partial charge is 0.276 e. The van der Waals surface area contributed by atoms with E-state index in [1.165, 1.54) is 0 Å². The second-order valence-corrected chi connectivity index (χ2v) is 5.07. The molecular weight excluding hydrogens is 296 g/mol. The van der Waals surface area contributed by atoms with E-state index >= 15 is 0 Å². The van der Waals surface area contributed by atoms with Gasteiger partial charge in [-0.3, -0.25) is 4.68 Å². The van der Waals surface area contributed by atoms with Crippen molar-refractivity contribution in [1.82, 2.24) is 30.1 Å². The SMILES string of the molecule is CCOCCn1nc(C)cc1-c1nc(-c2ccc(C)nn2)no1. The fourth-order valence-corrected chi connectivity index (χ4v) is 2.13. The molecule has 0 amide bonds. The molecule has 0 N–H and O–H groups in total. The van der Waals surface area contributed by atoms with Crippen LogP contribution in [0.5, 0.6) is 0 Å². The van der Waals surface area contributed by atoms with E-state index in [4.69, 9.17) is 9.26 Å². The van der Waals surface area contributed by atoms with E-state index in [1.807, 2.05) is 43.7 Å². The summed E-state index contributed by atoms with van der Waals surface area (Å²) >= 11 is 0. The van der Waals surface area contributed by atoms with Crippen molar-refractivity contribution in [2.24, 2.45) is 0 Å². The number of aryl methyl sites for hydroxylation is 2. The van der Waals surface area contributed by atoms with Crippen LogP contribution in [0.1, 0.15) is 18.3 Å². The molecule has 8 nitrogen and oxygen atoms in total. The maximum absolute atomic E-state index is 5.38. The average Bonchev–Trinajstić information content (AvgIpc) is 3.15. The van der Waals surface area contributed by atoms with Crippen molar-refractivity contribution < 1.29 is 9.26 Å². The molecule has 0 aliphatic rings. The number of nitrogens with zero attached hydrogens (tertiary/aromatic N) is 6. The van der Waals surface area contributed by atoms with E-state index in [0.717, 1.165) is 17.1 Å². The third-order valence-corrected chi connectivity index (χ3v) is 3.23. The zero-order chi connectivity index (χ0) is 16.2. The van der Waals surface area contributed by atoms with Crippen molar-refractivity contribution in [1.29, 1.82) is 0 Å². The Bertz CT molecular complexity index is 778. The molecule has 0 atom stereocenters. The van der Waals surface area contributed by atoms with E-state index < -0.39 is 0 Å². The summed E-state index contributed by atoms with van der Waals surface area (Å²) in [6.45, 7) is 7.63. The van der Waals surface area contributed by atoms with Crippen LogP contribution < -0.4 is 0 Å². The van der Waals surface area contributed by atoms with Crippen LogP contribution in [0.4, 0.5) is 0 Å². The van der Waals surface area contributed by atoms with Crippen LogP contribution in [0.2, 0.25) is 0 Å². The van der Waals surface area contributed by atoms with Gasteiger partial charge < -0.3 is 9.26 Å². The Balaban J connectivity index is 1.86. The second-order valence-electron chi connectivity index (χ2n) is 5.07. The number of rotatable bonds is 6. The van der Waals surface area contributed by atoms with Gasteiger partial charge in [0.15, 0.2) is 0 Å². The van der Waals surface area contributed by atoms with Gasteiger partial charge >= 0.3 is 0 Å². The third-order valence-electron chi connectivity index (χ3n) is 3.23. The quantitative estimate of drug-likeness (QED) is 0.643. The highest BCUT2D eigenvalue weighted by molar-refractivity contribution is 5.54. The van der Waals surface area contributed by atoms with Gasteiger partial charge in [0.2, 0.25) is 5.82 Å². The number of ether oxygens (including phenoxy) is 1. The molecule has 0 fully saturated rings. The molecule has 0 bridgehead atoms. The van der Waals surface area contributed by atoms with Crippen molar-refractivity contribution in [3.8, 4) is 23.1 Å². The van der Waals surface area contributed by atoms with Gasteiger partial charge in [-0.05, 0) is 39.0 Å². The lowest BCUT2D eigenvalue weighted by Gasteiger charge is -2.04. The highest BCUT2D eigenvalue weighted by Crippen LogP contribution is 2.21. The van der Waals surface area contributed by atoms with Crippen LogP contribution in [0, 0.1) is 13.8 Å². The summed E-state index contributed by atoms with van der Waals surface area (Å²) in [6.07, 6.45) is 0. The molecule has 0 aliphatic carbocycles. The van der Waals surface area contributed by atoms with Crippen molar-refractivity contribution in [2.75, 3.05) is 13.2 Å². The maximum atomic E-state index is 5.38. The lowest BCUT2D eigenvalue weighted by atomic mass is 10.3. The third kappa shape index (κ3) is 3.42. The van der Waals surface area contributed by atoms with Crippen molar-refractivity contribution >= 4 is 0 Å². The zero-order valence-corrected chi connectivity index (χ0v) is 13.4. The molecule has 0 aromatic carbocycles. The highest BCUT2D eigenvalue weighted by atomic mass is 16.5. The van der Waals surface area contributed by atoms with Crippen molar-refractivity contribution in [3.05, 3.63) is 29.6 Å². The largest absolute Gasteiger partial charge is 0.380 e. The first-order chi connectivity index (χ1) is 11.2. The monoisotopic (exact) mass is 314 g/mol. The van der Waals surface area contributed by atoms with Gasteiger partial charge in [0.1, 0.15) is 11.4 Å². The number of hydrogen-bond donors (Lipinski definition) is 0. The summed E-state index contributed by atoms with van der Waals surface area (Å²) in [7, 11) is 0. The molecule has 3 heterocycles. The molecule has 0 saturated carbocycles. The molecule has 0 radical (unpaired) electrons. The van der Waals surface area contributed by atoms with Crippen LogP contribution >= 0.6 is 0 Å². The predicted molar refractivity (Wildman–Crippen MR) is 82.5 cm³/mol. The fourth-order valence-electron chi connectivity index (χ4n) is 2.13. The Labute approximate surface area is 133 Å². The molecule has 3 rings (SSSR count). The molecular formula is C15H18N6O2. The minimum atomic E-state index is 0.402. The standard InChI is InChI=1S/C15H18N6O2/c1-4-22-8-7-21-13(9-11(3)19-21)15-16-14(20-23-15)12-6-5-10(2)17-18-12/h5-6,9H,4,7-8H2,1-3H3. The van der Waals surface area contributed by atoms with Crippen LogP contribution in [-0.4, -0.2) is 43.3 Å². The molecule has 0 spiro atoms. The van der Waals surface area contributed by atoms with E-state index in [-0.39, 0.29) is 0 Å². The van der Waals surface area contributed by atoms with Crippen LogP contribution in [0.15, 0.2) is 22.7 Å². The van der Waals surface area contributed by atoms with Crippen molar-refractivity contribution in [2.45, 2.75) is 27.3 Å². The summed E-state index contributed by atoms with van der Waals surface area (Å²) in [4.78, 5) is 4.40. The van der Waals surface area contributed by atoms with E-state index in [9.17, 15) is 0 Å². The van der Waals surface area contributed by atoms with E-state index in [0.29, 0.717) is 37.2 Å². The highest BCUT2D eigenvalue weighted by Gasteiger charge is 2.17. The molecule has 3 aromatic rings. The van der Waals surface area contributed by atoms with Crippen LogP contribution in [-0.2, 0) is 11.3 Å². The first-order valence-corrected chi connectivity index (χ1v) is 7.44. The second kappa shape index (κ2) is 6.66. The number of aromatic nitrogens is 6. The normalized spacial score (nSPS) is 11.1. The van der Waals surface area contributed by atoms with Crippen molar-refractivity contribution in [3.63, 3.8) is 0 Å². The summed E-state index contributed by atoms with van der Waals surface area (Å²) in [5.41, 5.74) is 3.05. The lowest BCUT2D eigenvalue weighted by Crippen LogP contribution is -2.08. The van der Waals surface area contributed by atoms with Gasteiger partial charge in [-0.1, -0.05) is 5.16 Å². The Hall–Kier alpha value is -2.61. The summed E-state index contributed by atoms with van der Waals surface area (Å²) in [6, 6.07) is 5.58. The predicted octanol–water partition coefficient (Wildman–Crippen LogP) is 2.04. The number of hydrogen-bond acceptors (Lipinski definition) is 7. The summed E-state index contributed by atoms with van der Waals surface area (Å²) in [5.74, 6) is 0.808. The molecule has 3 aromatic heterocycles. The zero-order valence-electron chi connectivity index (χ0n) is 13.4. The maximum Gasteiger partial charge on any atom is 0.276 e. The molecule has 8 heteroatoms. The lowest BCUT2D eigenvalue weighted by molar-refractivity contribution is 0.136. The summed E-state index contributed by atoms with van der Waals surface area (Å²) < 4.78 is 12.6.